The summed E-state index contributed by atoms with van der Waals surface area (Å²) in [6.07, 6.45) is 2.88. The quantitative estimate of drug-likeness (QED) is 0.790. The summed E-state index contributed by atoms with van der Waals surface area (Å²) in [5, 5.41) is 3.03. The summed E-state index contributed by atoms with van der Waals surface area (Å²) in [6.45, 7) is 2.85. The topological polar surface area (TPSA) is 38.3 Å². The van der Waals surface area contributed by atoms with Crippen LogP contribution in [-0.4, -0.2) is 30.4 Å². The SMILES string of the molecule is CC(NC(=O)CCSc1ccc(Br)cc1)C1CCCO1. The van der Waals surface area contributed by atoms with Crippen molar-refractivity contribution in [2.45, 2.75) is 43.2 Å². The van der Waals surface area contributed by atoms with Crippen LogP contribution in [0, 0.1) is 0 Å². The van der Waals surface area contributed by atoms with E-state index in [9.17, 15) is 4.79 Å². The molecular weight excluding hydrogens is 338 g/mol. The lowest BCUT2D eigenvalue weighted by atomic mass is 10.1. The third-order valence-corrected chi connectivity index (χ3v) is 4.87. The van der Waals surface area contributed by atoms with E-state index in [2.05, 4.69) is 33.4 Å². The zero-order valence-corrected chi connectivity index (χ0v) is 14.0. The van der Waals surface area contributed by atoms with Crippen LogP contribution in [0.4, 0.5) is 0 Å². The van der Waals surface area contributed by atoms with E-state index in [1.165, 1.54) is 4.90 Å². The molecule has 2 atom stereocenters. The lowest BCUT2D eigenvalue weighted by molar-refractivity contribution is -0.122. The van der Waals surface area contributed by atoms with Crippen molar-refractivity contribution in [2.75, 3.05) is 12.4 Å². The van der Waals surface area contributed by atoms with Gasteiger partial charge in [0.05, 0.1) is 12.1 Å². The largest absolute Gasteiger partial charge is 0.376 e. The Morgan fingerprint density at radius 2 is 2.25 bits per heavy atom. The van der Waals surface area contributed by atoms with Crippen LogP contribution >= 0.6 is 27.7 Å². The Balaban J connectivity index is 1.65. The number of carbonyl (C=O) groups is 1. The molecule has 0 saturated carbocycles. The van der Waals surface area contributed by atoms with Crippen molar-refractivity contribution in [1.29, 1.82) is 0 Å². The molecule has 0 radical (unpaired) electrons. The van der Waals surface area contributed by atoms with E-state index in [1.807, 2.05) is 19.1 Å². The van der Waals surface area contributed by atoms with Gasteiger partial charge in [-0.3, -0.25) is 4.79 Å². The van der Waals surface area contributed by atoms with Crippen molar-refractivity contribution in [2.24, 2.45) is 0 Å². The predicted molar refractivity (Wildman–Crippen MR) is 86.1 cm³/mol. The summed E-state index contributed by atoms with van der Waals surface area (Å²) in [6, 6.07) is 8.26. The van der Waals surface area contributed by atoms with Crippen LogP contribution in [0.2, 0.25) is 0 Å². The molecule has 2 rings (SSSR count). The van der Waals surface area contributed by atoms with E-state index in [-0.39, 0.29) is 18.1 Å². The van der Waals surface area contributed by atoms with Crippen molar-refractivity contribution in [3.63, 3.8) is 0 Å². The molecule has 20 heavy (non-hydrogen) atoms. The molecule has 0 bridgehead atoms. The second kappa shape index (κ2) is 8.05. The molecule has 0 aromatic heterocycles. The molecule has 1 aliphatic heterocycles. The van der Waals surface area contributed by atoms with Gasteiger partial charge in [-0.2, -0.15) is 0 Å². The first kappa shape index (κ1) is 15.9. The fourth-order valence-corrected chi connectivity index (χ4v) is 3.32. The maximum absolute atomic E-state index is 11.9. The average Bonchev–Trinajstić information content (AvgIpc) is 2.95. The minimum Gasteiger partial charge on any atom is -0.376 e. The number of thioether (sulfide) groups is 1. The Kier molecular flexibility index (Phi) is 6.39. The third-order valence-electron chi connectivity index (χ3n) is 3.32. The second-order valence-corrected chi connectivity index (χ2v) is 7.04. The molecule has 3 nitrogen and oxygen atoms in total. The van der Waals surface area contributed by atoms with Crippen molar-refractivity contribution in [3.8, 4) is 0 Å². The summed E-state index contributed by atoms with van der Waals surface area (Å²) in [5.74, 6) is 0.906. The maximum atomic E-state index is 11.9. The molecule has 2 unspecified atom stereocenters. The fourth-order valence-electron chi connectivity index (χ4n) is 2.21. The van der Waals surface area contributed by atoms with Crippen molar-refractivity contribution < 1.29 is 9.53 Å². The Bertz CT molecular complexity index is 432. The maximum Gasteiger partial charge on any atom is 0.221 e. The number of hydrogen-bond acceptors (Lipinski definition) is 3. The number of hydrogen-bond donors (Lipinski definition) is 1. The highest BCUT2D eigenvalue weighted by Crippen LogP contribution is 2.21. The van der Waals surface area contributed by atoms with E-state index in [4.69, 9.17) is 4.74 Å². The van der Waals surface area contributed by atoms with Crippen LogP contribution in [0.3, 0.4) is 0 Å². The van der Waals surface area contributed by atoms with Gasteiger partial charge in [0.25, 0.3) is 0 Å². The summed E-state index contributed by atoms with van der Waals surface area (Å²) in [4.78, 5) is 13.1. The Hall–Kier alpha value is -0.520. The van der Waals surface area contributed by atoms with Gasteiger partial charge in [-0.25, -0.2) is 0 Å². The number of benzene rings is 1. The first-order chi connectivity index (χ1) is 9.65. The number of nitrogens with one attached hydrogen (secondary N) is 1. The molecule has 1 aromatic carbocycles. The van der Waals surface area contributed by atoms with Gasteiger partial charge < -0.3 is 10.1 Å². The molecule has 5 heteroatoms. The molecule has 1 N–H and O–H groups in total. The fraction of sp³-hybridized carbons (Fsp3) is 0.533. The van der Waals surface area contributed by atoms with E-state index < -0.39 is 0 Å². The van der Waals surface area contributed by atoms with Crippen LogP contribution in [0.5, 0.6) is 0 Å². The Labute approximate surface area is 133 Å². The van der Waals surface area contributed by atoms with Gasteiger partial charge in [-0.05, 0) is 44.0 Å². The number of carbonyl (C=O) groups excluding carboxylic acids is 1. The van der Waals surface area contributed by atoms with Crippen LogP contribution < -0.4 is 5.32 Å². The Morgan fingerprint density at radius 1 is 1.50 bits per heavy atom. The van der Waals surface area contributed by atoms with E-state index in [1.54, 1.807) is 11.8 Å². The van der Waals surface area contributed by atoms with E-state index in [0.29, 0.717) is 6.42 Å². The third kappa shape index (κ3) is 5.11. The standard InChI is InChI=1S/C15H20BrNO2S/c1-11(14-3-2-9-19-14)17-15(18)8-10-20-13-6-4-12(16)5-7-13/h4-7,11,14H,2-3,8-10H2,1H3,(H,17,18). The minimum atomic E-state index is 0.109. The van der Waals surface area contributed by atoms with Crippen molar-refractivity contribution >= 4 is 33.6 Å². The first-order valence-corrected chi connectivity index (χ1v) is 8.72. The molecule has 1 heterocycles. The molecule has 1 amide bonds. The van der Waals surface area contributed by atoms with Gasteiger partial charge in [0, 0.05) is 28.1 Å². The zero-order valence-electron chi connectivity index (χ0n) is 11.6. The summed E-state index contributed by atoms with van der Waals surface area (Å²) in [7, 11) is 0. The van der Waals surface area contributed by atoms with Gasteiger partial charge in [0.2, 0.25) is 5.91 Å². The van der Waals surface area contributed by atoms with Gasteiger partial charge in [-0.1, -0.05) is 15.9 Å². The number of ether oxygens (including phenoxy) is 1. The molecule has 1 fully saturated rings. The zero-order chi connectivity index (χ0) is 14.4. The van der Waals surface area contributed by atoms with Crippen LogP contribution in [0.15, 0.2) is 33.6 Å². The number of rotatable bonds is 6. The highest BCUT2D eigenvalue weighted by Gasteiger charge is 2.23. The molecule has 110 valence electrons. The van der Waals surface area contributed by atoms with E-state index >= 15 is 0 Å². The van der Waals surface area contributed by atoms with Crippen molar-refractivity contribution in [1.82, 2.24) is 5.32 Å². The van der Waals surface area contributed by atoms with Crippen LogP contribution in [0.1, 0.15) is 26.2 Å². The van der Waals surface area contributed by atoms with Gasteiger partial charge in [-0.15, -0.1) is 11.8 Å². The number of amides is 1. The smallest absolute Gasteiger partial charge is 0.221 e. The molecule has 0 aliphatic carbocycles. The molecular formula is C15H20BrNO2S. The van der Waals surface area contributed by atoms with Crippen LogP contribution in [-0.2, 0) is 9.53 Å². The normalized spacial score (nSPS) is 19.8. The molecule has 0 spiro atoms. The highest BCUT2D eigenvalue weighted by atomic mass is 79.9. The Morgan fingerprint density at radius 3 is 2.90 bits per heavy atom. The monoisotopic (exact) mass is 357 g/mol. The molecule has 1 aliphatic rings. The first-order valence-electron chi connectivity index (χ1n) is 6.94. The molecule has 1 saturated heterocycles. The number of halogens is 1. The van der Waals surface area contributed by atoms with Gasteiger partial charge in [0.1, 0.15) is 0 Å². The summed E-state index contributed by atoms with van der Waals surface area (Å²) >= 11 is 5.11. The molecule has 1 aromatic rings. The van der Waals surface area contributed by atoms with Crippen LogP contribution in [0.25, 0.3) is 0 Å². The summed E-state index contributed by atoms with van der Waals surface area (Å²) in [5.41, 5.74) is 0. The average molecular weight is 358 g/mol. The minimum absolute atomic E-state index is 0.109. The summed E-state index contributed by atoms with van der Waals surface area (Å²) < 4.78 is 6.65. The predicted octanol–water partition coefficient (Wildman–Crippen LogP) is 3.62. The van der Waals surface area contributed by atoms with E-state index in [0.717, 1.165) is 29.7 Å². The highest BCUT2D eigenvalue weighted by molar-refractivity contribution is 9.10. The van der Waals surface area contributed by atoms with Crippen molar-refractivity contribution in [3.05, 3.63) is 28.7 Å². The second-order valence-electron chi connectivity index (χ2n) is 4.96. The van der Waals surface area contributed by atoms with Gasteiger partial charge >= 0.3 is 0 Å². The lowest BCUT2D eigenvalue weighted by Gasteiger charge is -2.19. The van der Waals surface area contributed by atoms with Gasteiger partial charge in [0.15, 0.2) is 0 Å². The lowest BCUT2D eigenvalue weighted by Crippen LogP contribution is -2.40.